The van der Waals surface area contributed by atoms with E-state index in [4.69, 9.17) is 0 Å². The van der Waals surface area contributed by atoms with Crippen LogP contribution in [0.1, 0.15) is 56.1 Å². The zero-order chi connectivity index (χ0) is 14.7. The van der Waals surface area contributed by atoms with Gasteiger partial charge in [-0.05, 0) is 50.7 Å². The summed E-state index contributed by atoms with van der Waals surface area (Å²) in [5.41, 5.74) is 3.72. The second kappa shape index (κ2) is 6.50. The monoisotopic (exact) mass is 286 g/mol. The van der Waals surface area contributed by atoms with Gasteiger partial charge in [0.1, 0.15) is 0 Å². The fourth-order valence-corrected chi connectivity index (χ4v) is 3.59. The lowest BCUT2D eigenvalue weighted by Crippen LogP contribution is -2.46. The van der Waals surface area contributed by atoms with Crippen molar-refractivity contribution in [2.24, 2.45) is 0 Å². The van der Waals surface area contributed by atoms with Crippen molar-refractivity contribution in [2.75, 3.05) is 11.4 Å². The molecule has 2 aliphatic rings. The van der Waals surface area contributed by atoms with Gasteiger partial charge in [0, 0.05) is 18.3 Å². The lowest BCUT2D eigenvalue weighted by Gasteiger charge is -2.28. The molecule has 3 heteroatoms. The van der Waals surface area contributed by atoms with Gasteiger partial charge in [0.2, 0.25) is 0 Å². The predicted molar refractivity (Wildman–Crippen MR) is 86.9 cm³/mol. The van der Waals surface area contributed by atoms with Crippen molar-refractivity contribution in [3.63, 3.8) is 0 Å². The number of urea groups is 1. The Morgan fingerprint density at radius 2 is 1.95 bits per heavy atom. The number of carbonyl (C=O) groups is 1. The number of anilines is 1. The minimum Gasteiger partial charge on any atom is -0.335 e. The molecule has 0 saturated heterocycles. The normalized spacial score (nSPS) is 19.8. The van der Waals surface area contributed by atoms with Crippen LogP contribution in [0.15, 0.2) is 18.2 Å². The molecule has 1 aliphatic heterocycles. The molecule has 0 aromatic heterocycles. The number of fused-ring (bicyclic) bond motifs is 1. The number of nitrogens with zero attached hydrogens (tertiary/aromatic N) is 1. The van der Waals surface area contributed by atoms with Crippen LogP contribution in [-0.4, -0.2) is 18.6 Å². The van der Waals surface area contributed by atoms with Crippen molar-refractivity contribution in [3.8, 4) is 0 Å². The van der Waals surface area contributed by atoms with E-state index >= 15 is 0 Å². The van der Waals surface area contributed by atoms with E-state index in [2.05, 4.69) is 30.4 Å². The summed E-state index contributed by atoms with van der Waals surface area (Å²) in [7, 11) is 0. The lowest BCUT2D eigenvalue weighted by molar-refractivity contribution is 0.238. The van der Waals surface area contributed by atoms with Gasteiger partial charge in [0.05, 0.1) is 0 Å². The lowest BCUT2D eigenvalue weighted by atomic mass is 9.96. The topological polar surface area (TPSA) is 32.3 Å². The van der Waals surface area contributed by atoms with Crippen LogP contribution in [0.4, 0.5) is 10.5 Å². The molecule has 3 rings (SSSR count). The number of hydrogen-bond donors (Lipinski definition) is 1. The Kier molecular flexibility index (Phi) is 4.47. The molecule has 1 aromatic carbocycles. The van der Waals surface area contributed by atoms with Gasteiger partial charge < -0.3 is 5.32 Å². The van der Waals surface area contributed by atoms with Crippen LogP contribution in [-0.2, 0) is 6.42 Å². The Morgan fingerprint density at radius 3 is 2.76 bits per heavy atom. The molecule has 1 saturated carbocycles. The highest BCUT2D eigenvalue weighted by molar-refractivity contribution is 5.93. The molecule has 1 N–H and O–H groups in total. The second-order valence-electron chi connectivity index (χ2n) is 6.53. The van der Waals surface area contributed by atoms with E-state index in [1.807, 2.05) is 4.90 Å². The van der Waals surface area contributed by atoms with Crippen molar-refractivity contribution >= 4 is 11.7 Å². The molecule has 1 aliphatic carbocycles. The van der Waals surface area contributed by atoms with Crippen molar-refractivity contribution in [1.29, 1.82) is 0 Å². The van der Waals surface area contributed by atoms with Gasteiger partial charge >= 0.3 is 6.03 Å². The summed E-state index contributed by atoms with van der Waals surface area (Å²) in [5, 5.41) is 3.26. The first kappa shape index (κ1) is 14.4. The third-order valence-electron chi connectivity index (χ3n) is 4.78. The molecule has 0 spiro atoms. The first-order valence-corrected chi connectivity index (χ1v) is 8.41. The number of carbonyl (C=O) groups excluding carboxylic acids is 1. The smallest absolute Gasteiger partial charge is 0.322 e. The summed E-state index contributed by atoms with van der Waals surface area (Å²) >= 11 is 0. The average Bonchev–Trinajstić information content (AvgIpc) is 2.70. The second-order valence-corrected chi connectivity index (χ2v) is 6.53. The van der Waals surface area contributed by atoms with E-state index in [1.54, 1.807) is 0 Å². The van der Waals surface area contributed by atoms with Crippen molar-refractivity contribution in [2.45, 2.75) is 64.3 Å². The molecule has 0 bridgehead atoms. The number of nitrogens with one attached hydrogen (secondary N) is 1. The first-order chi connectivity index (χ1) is 10.2. The molecular weight excluding hydrogens is 260 g/mol. The molecule has 1 aromatic rings. The van der Waals surface area contributed by atoms with Crippen LogP contribution < -0.4 is 10.2 Å². The fraction of sp³-hybridized carbons (Fsp3) is 0.611. The molecule has 114 valence electrons. The molecule has 21 heavy (non-hydrogen) atoms. The third-order valence-corrected chi connectivity index (χ3v) is 4.78. The number of amides is 2. The molecular formula is C18H26N2O. The molecule has 3 nitrogen and oxygen atoms in total. The highest BCUT2D eigenvalue weighted by atomic mass is 16.2. The molecule has 0 atom stereocenters. The van der Waals surface area contributed by atoms with E-state index in [0.717, 1.165) is 37.9 Å². The van der Waals surface area contributed by atoms with Gasteiger partial charge in [0.25, 0.3) is 0 Å². The first-order valence-electron chi connectivity index (χ1n) is 8.41. The van der Waals surface area contributed by atoms with Gasteiger partial charge in [-0.15, -0.1) is 0 Å². The van der Waals surface area contributed by atoms with Gasteiger partial charge in [-0.2, -0.15) is 0 Å². The standard InChI is InChI=1S/C18H26N2O/c1-14-10-11-17-15(13-14)7-5-6-12-20(17)18(21)19-16-8-3-2-4-9-16/h10-11,13,16H,2-9,12H2,1H3,(H,19,21). The predicted octanol–water partition coefficient (Wildman–Crippen LogP) is 4.18. The van der Waals surface area contributed by atoms with Crippen LogP contribution in [0.2, 0.25) is 0 Å². The van der Waals surface area contributed by atoms with E-state index in [-0.39, 0.29) is 6.03 Å². The van der Waals surface area contributed by atoms with Crippen molar-refractivity contribution < 1.29 is 4.79 Å². The zero-order valence-corrected chi connectivity index (χ0v) is 13.0. The summed E-state index contributed by atoms with van der Waals surface area (Å²) in [5.74, 6) is 0. The van der Waals surface area contributed by atoms with Crippen LogP contribution in [0.5, 0.6) is 0 Å². The Labute approximate surface area is 127 Å². The maximum Gasteiger partial charge on any atom is 0.322 e. The van der Waals surface area contributed by atoms with Crippen molar-refractivity contribution in [3.05, 3.63) is 29.3 Å². The Hall–Kier alpha value is -1.51. The quantitative estimate of drug-likeness (QED) is 0.825. The fourth-order valence-electron chi connectivity index (χ4n) is 3.59. The highest BCUT2D eigenvalue weighted by Crippen LogP contribution is 2.28. The third kappa shape index (κ3) is 3.39. The van der Waals surface area contributed by atoms with Crippen LogP contribution >= 0.6 is 0 Å². The van der Waals surface area contributed by atoms with Gasteiger partial charge in [-0.25, -0.2) is 4.79 Å². The summed E-state index contributed by atoms with van der Waals surface area (Å²) in [6.07, 6.45) is 9.44. The highest BCUT2D eigenvalue weighted by Gasteiger charge is 2.24. The van der Waals surface area contributed by atoms with E-state index < -0.39 is 0 Å². The van der Waals surface area contributed by atoms with Gasteiger partial charge in [0.15, 0.2) is 0 Å². The van der Waals surface area contributed by atoms with Gasteiger partial charge in [-0.3, -0.25) is 4.90 Å². The SMILES string of the molecule is Cc1ccc2c(c1)CCCCN2C(=O)NC1CCCCC1. The van der Waals surface area contributed by atoms with E-state index in [1.165, 1.54) is 36.8 Å². The van der Waals surface area contributed by atoms with Gasteiger partial charge in [-0.1, -0.05) is 37.0 Å². The van der Waals surface area contributed by atoms with Crippen LogP contribution in [0.3, 0.4) is 0 Å². The van der Waals surface area contributed by atoms with E-state index in [9.17, 15) is 4.79 Å². The molecule has 2 amide bonds. The largest absolute Gasteiger partial charge is 0.335 e. The summed E-state index contributed by atoms with van der Waals surface area (Å²) in [6.45, 7) is 2.96. The van der Waals surface area contributed by atoms with Crippen LogP contribution in [0, 0.1) is 6.92 Å². The molecule has 0 radical (unpaired) electrons. The maximum atomic E-state index is 12.7. The maximum absolute atomic E-state index is 12.7. The number of hydrogen-bond acceptors (Lipinski definition) is 1. The Bertz CT molecular complexity index is 506. The Morgan fingerprint density at radius 1 is 1.14 bits per heavy atom. The minimum atomic E-state index is 0.105. The summed E-state index contributed by atoms with van der Waals surface area (Å²) < 4.78 is 0. The number of rotatable bonds is 1. The van der Waals surface area contributed by atoms with E-state index in [0.29, 0.717) is 6.04 Å². The summed E-state index contributed by atoms with van der Waals surface area (Å²) in [6, 6.07) is 6.96. The van der Waals surface area contributed by atoms with Crippen molar-refractivity contribution in [1.82, 2.24) is 5.32 Å². The number of benzene rings is 1. The molecule has 0 unspecified atom stereocenters. The summed E-state index contributed by atoms with van der Waals surface area (Å²) in [4.78, 5) is 14.7. The molecule has 1 heterocycles. The average molecular weight is 286 g/mol. The number of aryl methyl sites for hydroxylation is 2. The minimum absolute atomic E-state index is 0.105. The Balaban J connectivity index is 1.76. The zero-order valence-electron chi connectivity index (χ0n) is 13.0. The van der Waals surface area contributed by atoms with Crippen LogP contribution in [0.25, 0.3) is 0 Å². The molecule has 1 fully saturated rings.